The Bertz CT molecular complexity index is 347. The normalized spacial score (nSPS) is 17.6. The Kier molecular flexibility index (Phi) is 3.46. The minimum atomic E-state index is 0.421. The van der Waals surface area contributed by atoms with Crippen molar-refractivity contribution in [2.75, 3.05) is 26.2 Å². The smallest absolute Gasteiger partial charge is 0.119 e. The Hall–Kier alpha value is -1.06. The molecule has 0 amide bonds. The fourth-order valence-electron chi connectivity index (χ4n) is 2.13. The molecule has 1 fully saturated rings. The van der Waals surface area contributed by atoms with E-state index in [-0.39, 0.29) is 0 Å². The third kappa shape index (κ3) is 2.54. The van der Waals surface area contributed by atoms with Gasteiger partial charge in [0.1, 0.15) is 5.75 Å². The summed E-state index contributed by atoms with van der Waals surface area (Å²) < 4.78 is 0. The highest BCUT2D eigenvalue weighted by molar-refractivity contribution is 5.41. The van der Waals surface area contributed by atoms with Gasteiger partial charge in [0.05, 0.1) is 0 Å². The van der Waals surface area contributed by atoms with Crippen LogP contribution in [0.25, 0.3) is 0 Å². The molecule has 16 heavy (non-hydrogen) atoms. The zero-order valence-electron chi connectivity index (χ0n) is 10.1. The third-order valence-corrected chi connectivity index (χ3v) is 3.32. The molecule has 88 valence electrons. The number of aromatic hydroxyl groups is 1. The van der Waals surface area contributed by atoms with E-state index in [1.807, 2.05) is 13.0 Å². The van der Waals surface area contributed by atoms with Gasteiger partial charge in [0, 0.05) is 32.7 Å². The molecular weight excluding hydrogens is 200 g/mol. The molecule has 1 saturated heterocycles. The van der Waals surface area contributed by atoms with E-state index in [0.29, 0.717) is 5.75 Å². The fourth-order valence-corrected chi connectivity index (χ4v) is 2.13. The molecule has 0 spiro atoms. The predicted octanol–water partition coefficient (Wildman–Crippen LogP) is 1.41. The second kappa shape index (κ2) is 4.85. The number of nitrogens with one attached hydrogen (secondary N) is 1. The number of phenols is 1. The number of piperazine rings is 1. The SMILES string of the molecule is Cc1cc(CN2CCNCC2)cc(O)c1C. The second-order valence-corrected chi connectivity index (χ2v) is 4.58. The van der Waals surface area contributed by atoms with Crippen molar-refractivity contribution in [2.24, 2.45) is 0 Å². The van der Waals surface area contributed by atoms with Gasteiger partial charge >= 0.3 is 0 Å². The van der Waals surface area contributed by atoms with Crippen LogP contribution in [0, 0.1) is 13.8 Å². The van der Waals surface area contributed by atoms with Gasteiger partial charge in [-0.05, 0) is 36.6 Å². The molecule has 1 heterocycles. The number of phenolic OH excluding ortho intramolecular Hbond substituents is 1. The van der Waals surface area contributed by atoms with E-state index >= 15 is 0 Å². The van der Waals surface area contributed by atoms with Crippen LogP contribution in [0.2, 0.25) is 0 Å². The molecule has 1 aliphatic heterocycles. The van der Waals surface area contributed by atoms with Crippen molar-refractivity contribution in [3.63, 3.8) is 0 Å². The zero-order chi connectivity index (χ0) is 11.5. The molecule has 2 N–H and O–H groups in total. The average Bonchev–Trinajstić information content (AvgIpc) is 2.27. The summed E-state index contributed by atoms with van der Waals surface area (Å²) in [5.41, 5.74) is 3.37. The number of benzene rings is 1. The molecule has 0 radical (unpaired) electrons. The Morgan fingerprint density at radius 2 is 1.94 bits per heavy atom. The minimum absolute atomic E-state index is 0.421. The van der Waals surface area contributed by atoms with Gasteiger partial charge in [-0.15, -0.1) is 0 Å². The lowest BCUT2D eigenvalue weighted by Crippen LogP contribution is -2.42. The molecule has 3 nitrogen and oxygen atoms in total. The molecule has 1 aromatic rings. The van der Waals surface area contributed by atoms with Crippen molar-refractivity contribution in [3.05, 3.63) is 28.8 Å². The number of hydrogen-bond acceptors (Lipinski definition) is 3. The first-order valence-electron chi connectivity index (χ1n) is 5.89. The van der Waals surface area contributed by atoms with Crippen LogP contribution in [0.15, 0.2) is 12.1 Å². The van der Waals surface area contributed by atoms with Gasteiger partial charge in [0.25, 0.3) is 0 Å². The van der Waals surface area contributed by atoms with Gasteiger partial charge < -0.3 is 10.4 Å². The molecule has 1 aromatic carbocycles. The lowest BCUT2D eigenvalue weighted by molar-refractivity contribution is 0.233. The van der Waals surface area contributed by atoms with Crippen LogP contribution in [-0.4, -0.2) is 36.2 Å². The molecule has 0 saturated carbocycles. The first kappa shape index (κ1) is 11.4. The van der Waals surface area contributed by atoms with Gasteiger partial charge in [0.15, 0.2) is 0 Å². The number of aryl methyl sites for hydroxylation is 1. The molecule has 3 heteroatoms. The summed E-state index contributed by atoms with van der Waals surface area (Å²) in [7, 11) is 0. The fraction of sp³-hybridized carbons (Fsp3) is 0.538. The van der Waals surface area contributed by atoms with E-state index < -0.39 is 0 Å². The molecule has 2 rings (SSSR count). The van der Waals surface area contributed by atoms with Gasteiger partial charge in [-0.3, -0.25) is 4.90 Å². The number of hydrogen-bond donors (Lipinski definition) is 2. The molecular formula is C13H20N2O. The predicted molar refractivity (Wildman–Crippen MR) is 65.7 cm³/mol. The van der Waals surface area contributed by atoms with Crippen molar-refractivity contribution in [1.82, 2.24) is 10.2 Å². The highest BCUT2D eigenvalue weighted by atomic mass is 16.3. The summed E-state index contributed by atoms with van der Waals surface area (Å²) in [5, 5.41) is 13.1. The van der Waals surface area contributed by atoms with Crippen molar-refractivity contribution in [1.29, 1.82) is 0 Å². The van der Waals surface area contributed by atoms with E-state index in [2.05, 4.69) is 23.2 Å². The van der Waals surface area contributed by atoms with Gasteiger partial charge in [-0.1, -0.05) is 6.07 Å². The Balaban J connectivity index is 2.09. The average molecular weight is 220 g/mol. The van der Waals surface area contributed by atoms with Gasteiger partial charge in [0.2, 0.25) is 0 Å². The molecule has 0 aromatic heterocycles. The highest BCUT2D eigenvalue weighted by Gasteiger charge is 2.11. The van der Waals surface area contributed by atoms with Crippen LogP contribution < -0.4 is 5.32 Å². The van der Waals surface area contributed by atoms with Crippen LogP contribution in [0.4, 0.5) is 0 Å². The molecule has 1 aliphatic rings. The zero-order valence-corrected chi connectivity index (χ0v) is 10.1. The van der Waals surface area contributed by atoms with Crippen LogP contribution in [0.1, 0.15) is 16.7 Å². The van der Waals surface area contributed by atoms with Gasteiger partial charge in [-0.25, -0.2) is 0 Å². The van der Waals surface area contributed by atoms with Crippen LogP contribution in [0.3, 0.4) is 0 Å². The lowest BCUT2D eigenvalue weighted by Gasteiger charge is -2.27. The second-order valence-electron chi connectivity index (χ2n) is 4.58. The summed E-state index contributed by atoms with van der Waals surface area (Å²) in [6.45, 7) is 9.26. The first-order chi connectivity index (χ1) is 7.66. The van der Waals surface area contributed by atoms with E-state index in [9.17, 15) is 5.11 Å². The lowest BCUT2D eigenvalue weighted by atomic mass is 10.0. The quantitative estimate of drug-likeness (QED) is 0.791. The Morgan fingerprint density at radius 3 is 2.56 bits per heavy atom. The summed E-state index contributed by atoms with van der Waals surface area (Å²) >= 11 is 0. The molecule has 0 unspecified atom stereocenters. The molecule has 0 atom stereocenters. The number of nitrogens with zero attached hydrogens (tertiary/aromatic N) is 1. The van der Waals surface area contributed by atoms with Crippen LogP contribution in [-0.2, 0) is 6.54 Å². The largest absolute Gasteiger partial charge is 0.508 e. The first-order valence-corrected chi connectivity index (χ1v) is 5.89. The van der Waals surface area contributed by atoms with Crippen molar-refractivity contribution < 1.29 is 5.11 Å². The van der Waals surface area contributed by atoms with Gasteiger partial charge in [-0.2, -0.15) is 0 Å². The molecule has 0 bridgehead atoms. The summed E-state index contributed by atoms with van der Waals surface area (Å²) in [5.74, 6) is 0.421. The van der Waals surface area contributed by atoms with E-state index in [1.165, 1.54) is 11.1 Å². The van der Waals surface area contributed by atoms with Crippen LogP contribution in [0.5, 0.6) is 5.75 Å². The van der Waals surface area contributed by atoms with Crippen molar-refractivity contribution >= 4 is 0 Å². The monoisotopic (exact) mass is 220 g/mol. The topological polar surface area (TPSA) is 35.5 Å². The number of rotatable bonds is 2. The standard InChI is InChI=1S/C13H20N2O/c1-10-7-12(8-13(16)11(10)2)9-15-5-3-14-4-6-15/h7-8,14,16H,3-6,9H2,1-2H3. The van der Waals surface area contributed by atoms with Crippen LogP contribution >= 0.6 is 0 Å². The van der Waals surface area contributed by atoms with E-state index in [4.69, 9.17) is 0 Å². The Morgan fingerprint density at radius 1 is 1.25 bits per heavy atom. The van der Waals surface area contributed by atoms with E-state index in [0.717, 1.165) is 38.3 Å². The minimum Gasteiger partial charge on any atom is -0.508 e. The summed E-state index contributed by atoms with van der Waals surface area (Å²) in [6, 6.07) is 4.07. The third-order valence-electron chi connectivity index (χ3n) is 3.32. The summed E-state index contributed by atoms with van der Waals surface area (Å²) in [4.78, 5) is 2.42. The van der Waals surface area contributed by atoms with E-state index in [1.54, 1.807) is 0 Å². The highest BCUT2D eigenvalue weighted by Crippen LogP contribution is 2.22. The molecule has 0 aliphatic carbocycles. The maximum atomic E-state index is 9.78. The maximum Gasteiger partial charge on any atom is 0.119 e. The maximum absolute atomic E-state index is 9.78. The summed E-state index contributed by atoms with van der Waals surface area (Å²) in [6.07, 6.45) is 0. The van der Waals surface area contributed by atoms with Crippen molar-refractivity contribution in [3.8, 4) is 5.75 Å². The Labute approximate surface area is 97.1 Å². The van der Waals surface area contributed by atoms with Crippen molar-refractivity contribution in [2.45, 2.75) is 20.4 Å².